The molecule has 0 aliphatic carbocycles. The van der Waals surface area contributed by atoms with E-state index in [1.807, 2.05) is 36.7 Å². The Labute approximate surface area is 90.1 Å². The van der Waals surface area contributed by atoms with E-state index in [2.05, 4.69) is 4.74 Å². The first kappa shape index (κ1) is 12.9. The molecular formula is C10H14ClNO2. The van der Waals surface area contributed by atoms with Crippen LogP contribution in [0.5, 0.6) is 0 Å². The molecule has 0 N–H and O–H groups in total. The van der Waals surface area contributed by atoms with Crippen LogP contribution in [0, 0.1) is 13.8 Å². The number of aromatic nitrogens is 1. The summed E-state index contributed by atoms with van der Waals surface area (Å²) < 4.78 is 6.47. The van der Waals surface area contributed by atoms with Crippen LogP contribution in [0.15, 0.2) is 18.3 Å². The van der Waals surface area contributed by atoms with Crippen LogP contribution in [-0.4, -0.2) is 13.1 Å². The first-order chi connectivity index (χ1) is 6.15. The summed E-state index contributed by atoms with van der Waals surface area (Å²) in [6, 6.07) is 3.94. The number of hydrogen-bond donors (Lipinski definition) is 0. The van der Waals surface area contributed by atoms with Crippen molar-refractivity contribution < 1.29 is 26.5 Å². The predicted octanol–water partition coefficient (Wildman–Crippen LogP) is -2.23. The van der Waals surface area contributed by atoms with Gasteiger partial charge in [0.05, 0.1) is 7.11 Å². The van der Waals surface area contributed by atoms with E-state index >= 15 is 0 Å². The number of esters is 1. The van der Waals surface area contributed by atoms with Gasteiger partial charge in [-0.25, -0.2) is 4.79 Å². The molecule has 1 aromatic rings. The highest BCUT2D eigenvalue weighted by Gasteiger charge is 2.12. The lowest BCUT2D eigenvalue weighted by Gasteiger charge is -2.00. The quantitative estimate of drug-likeness (QED) is 0.413. The highest BCUT2D eigenvalue weighted by molar-refractivity contribution is 5.67. The van der Waals surface area contributed by atoms with Crippen LogP contribution in [0.4, 0.5) is 0 Å². The van der Waals surface area contributed by atoms with E-state index in [9.17, 15) is 4.79 Å². The number of aryl methyl sites for hydroxylation is 1. The highest BCUT2D eigenvalue weighted by Crippen LogP contribution is 1.98. The highest BCUT2D eigenvalue weighted by atomic mass is 35.5. The van der Waals surface area contributed by atoms with Gasteiger partial charge in [0.2, 0.25) is 6.54 Å². The van der Waals surface area contributed by atoms with Gasteiger partial charge in [-0.2, -0.15) is 4.57 Å². The summed E-state index contributed by atoms with van der Waals surface area (Å²) in [4.78, 5) is 11.0. The van der Waals surface area contributed by atoms with Crippen LogP contribution in [0.1, 0.15) is 11.3 Å². The van der Waals surface area contributed by atoms with Gasteiger partial charge in [0.1, 0.15) is 0 Å². The average Bonchev–Trinajstić information content (AvgIpc) is 2.13. The molecule has 14 heavy (non-hydrogen) atoms. The van der Waals surface area contributed by atoms with E-state index in [1.165, 1.54) is 12.7 Å². The number of carbonyl (C=O) groups excluding carboxylic acids is 1. The van der Waals surface area contributed by atoms with Crippen molar-refractivity contribution in [2.24, 2.45) is 0 Å². The Morgan fingerprint density at radius 1 is 1.50 bits per heavy atom. The van der Waals surface area contributed by atoms with Gasteiger partial charge < -0.3 is 17.1 Å². The fourth-order valence-electron chi connectivity index (χ4n) is 1.13. The smallest absolute Gasteiger partial charge is 0.372 e. The standard InChI is InChI=1S/C10H14NO2.ClH/c1-8-5-4-6-11(9(8)2)7-10(12)13-3;/h4-6H,7H2,1-3H3;1H/q+1;/p-1. The van der Waals surface area contributed by atoms with Crippen molar-refractivity contribution in [3.05, 3.63) is 29.6 Å². The van der Waals surface area contributed by atoms with E-state index in [-0.39, 0.29) is 24.9 Å². The Hall–Kier alpha value is -1.09. The van der Waals surface area contributed by atoms with Gasteiger partial charge in [-0.3, -0.25) is 0 Å². The number of ether oxygens (including phenoxy) is 1. The van der Waals surface area contributed by atoms with Gasteiger partial charge in [0.15, 0.2) is 11.9 Å². The van der Waals surface area contributed by atoms with E-state index in [4.69, 9.17) is 0 Å². The minimum atomic E-state index is -0.223. The van der Waals surface area contributed by atoms with Gasteiger partial charge in [-0.05, 0) is 13.0 Å². The van der Waals surface area contributed by atoms with E-state index < -0.39 is 0 Å². The van der Waals surface area contributed by atoms with Crippen molar-refractivity contribution in [3.8, 4) is 0 Å². The summed E-state index contributed by atoms with van der Waals surface area (Å²) in [6.45, 7) is 4.28. The van der Waals surface area contributed by atoms with Crippen LogP contribution in [0.3, 0.4) is 0 Å². The van der Waals surface area contributed by atoms with E-state index in [0.717, 1.165) is 5.69 Å². The van der Waals surface area contributed by atoms with Gasteiger partial charge >= 0.3 is 5.97 Å². The molecule has 1 rings (SSSR count). The van der Waals surface area contributed by atoms with Crippen LogP contribution < -0.4 is 17.0 Å². The van der Waals surface area contributed by atoms with Crippen LogP contribution in [-0.2, 0) is 16.1 Å². The van der Waals surface area contributed by atoms with Crippen molar-refractivity contribution in [1.29, 1.82) is 0 Å². The number of rotatable bonds is 2. The topological polar surface area (TPSA) is 30.2 Å². The summed E-state index contributed by atoms with van der Waals surface area (Å²) in [5, 5.41) is 0. The van der Waals surface area contributed by atoms with Crippen LogP contribution >= 0.6 is 0 Å². The summed E-state index contributed by atoms with van der Waals surface area (Å²) >= 11 is 0. The average molecular weight is 216 g/mol. The fraction of sp³-hybridized carbons (Fsp3) is 0.400. The lowest BCUT2D eigenvalue weighted by molar-refractivity contribution is -0.692. The second kappa shape index (κ2) is 5.60. The minimum absolute atomic E-state index is 0. The molecule has 0 saturated carbocycles. The third-order valence-electron chi connectivity index (χ3n) is 2.14. The zero-order valence-corrected chi connectivity index (χ0v) is 9.34. The van der Waals surface area contributed by atoms with Crippen LogP contribution in [0.2, 0.25) is 0 Å². The van der Waals surface area contributed by atoms with Crippen molar-refractivity contribution in [1.82, 2.24) is 0 Å². The Bertz CT molecular complexity index is 326. The molecule has 3 nitrogen and oxygen atoms in total. The molecule has 0 unspecified atom stereocenters. The first-order valence-corrected chi connectivity index (χ1v) is 4.17. The lowest BCUT2D eigenvalue weighted by Crippen LogP contribution is -3.00. The van der Waals surface area contributed by atoms with E-state index in [0.29, 0.717) is 0 Å². The third kappa shape index (κ3) is 3.00. The molecule has 0 radical (unpaired) electrons. The molecule has 4 heteroatoms. The van der Waals surface area contributed by atoms with Crippen LogP contribution in [0.25, 0.3) is 0 Å². The van der Waals surface area contributed by atoms with Gasteiger partial charge in [-0.15, -0.1) is 0 Å². The summed E-state index contributed by atoms with van der Waals surface area (Å²) in [7, 11) is 1.40. The zero-order chi connectivity index (χ0) is 9.84. The summed E-state index contributed by atoms with van der Waals surface area (Å²) in [5.41, 5.74) is 2.26. The molecule has 0 amide bonds. The normalized spacial score (nSPS) is 9.07. The van der Waals surface area contributed by atoms with Gasteiger partial charge in [0.25, 0.3) is 0 Å². The van der Waals surface area contributed by atoms with E-state index in [1.54, 1.807) is 0 Å². The molecular weight excluding hydrogens is 202 g/mol. The van der Waals surface area contributed by atoms with Crippen molar-refractivity contribution >= 4 is 5.97 Å². The number of halogens is 1. The Morgan fingerprint density at radius 2 is 2.14 bits per heavy atom. The summed E-state index contributed by atoms with van der Waals surface area (Å²) in [5.74, 6) is -0.223. The molecule has 0 bridgehead atoms. The number of hydrogen-bond acceptors (Lipinski definition) is 2. The maximum Gasteiger partial charge on any atom is 0.372 e. The Balaban J connectivity index is 0.00000169. The number of carbonyl (C=O) groups is 1. The minimum Gasteiger partial charge on any atom is -1.00 e. The van der Waals surface area contributed by atoms with Crippen molar-refractivity contribution in [3.63, 3.8) is 0 Å². The maximum atomic E-state index is 11.0. The molecule has 0 aliphatic rings. The molecule has 1 heterocycles. The fourth-order valence-corrected chi connectivity index (χ4v) is 1.13. The van der Waals surface area contributed by atoms with Crippen molar-refractivity contribution in [2.75, 3.05) is 7.11 Å². The molecule has 0 saturated heterocycles. The second-order valence-corrected chi connectivity index (χ2v) is 2.98. The molecule has 0 aromatic carbocycles. The zero-order valence-electron chi connectivity index (χ0n) is 8.58. The molecule has 0 atom stereocenters. The largest absolute Gasteiger partial charge is 1.00 e. The Morgan fingerprint density at radius 3 is 2.71 bits per heavy atom. The molecule has 78 valence electrons. The number of pyridine rings is 1. The molecule has 0 spiro atoms. The second-order valence-electron chi connectivity index (χ2n) is 2.98. The molecule has 0 fully saturated rings. The maximum absolute atomic E-state index is 11.0. The first-order valence-electron chi connectivity index (χ1n) is 4.17. The third-order valence-corrected chi connectivity index (χ3v) is 2.14. The predicted molar refractivity (Wildman–Crippen MR) is 48.1 cm³/mol. The lowest BCUT2D eigenvalue weighted by atomic mass is 10.2. The molecule has 0 aliphatic heterocycles. The summed E-state index contributed by atoms with van der Waals surface area (Å²) in [6.07, 6.45) is 1.87. The monoisotopic (exact) mass is 215 g/mol. The SMILES string of the molecule is COC(=O)C[n+]1cccc(C)c1C.[Cl-]. The number of nitrogens with zero attached hydrogens (tertiary/aromatic N) is 1. The van der Waals surface area contributed by atoms with Gasteiger partial charge in [0, 0.05) is 18.6 Å². The van der Waals surface area contributed by atoms with Crippen molar-refractivity contribution in [2.45, 2.75) is 20.4 Å². The number of methoxy groups -OCH3 is 1. The van der Waals surface area contributed by atoms with Gasteiger partial charge in [-0.1, -0.05) is 0 Å². The Kier molecular flexibility index (Phi) is 5.16. The molecule has 1 aromatic heterocycles.